The van der Waals surface area contributed by atoms with E-state index in [1.54, 1.807) is 12.1 Å². The topological polar surface area (TPSA) is 81.1 Å². The number of nitrogens with one attached hydrogen (secondary N) is 1. The molecule has 1 aromatic carbocycles. The van der Waals surface area contributed by atoms with E-state index >= 15 is 0 Å². The second-order valence-corrected chi connectivity index (χ2v) is 5.56. The molecule has 0 aliphatic rings. The predicted octanol–water partition coefficient (Wildman–Crippen LogP) is 3.55. The van der Waals surface area contributed by atoms with Crippen molar-refractivity contribution in [1.29, 1.82) is 0 Å². The fraction of sp³-hybridized carbons (Fsp3) is 0.0667. The minimum absolute atomic E-state index is 0.247. The molecular formula is C15H13N3O2S. The molecule has 0 unspecified atom stereocenters. The number of nitrogens with zero attached hydrogens (tertiary/aromatic N) is 1. The Morgan fingerprint density at radius 3 is 2.71 bits per heavy atom. The summed E-state index contributed by atoms with van der Waals surface area (Å²) in [7, 11) is 0. The summed E-state index contributed by atoms with van der Waals surface area (Å²) >= 11 is 1.23. The summed E-state index contributed by atoms with van der Waals surface area (Å²) in [4.78, 5) is 16.4. The van der Waals surface area contributed by atoms with Crippen molar-refractivity contribution >= 4 is 27.4 Å². The molecule has 0 fully saturated rings. The summed E-state index contributed by atoms with van der Waals surface area (Å²) in [6, 6.07) is 11.1. The number of anilines is 2. The van der Waals surface area contributed by atoms with Gasteiger partial charge in [-0.05, 0) is 19.1 Å². The van der Waals surface area contributed by atoms with Crippen molar-refractivity contribution in [3.8, 4) is 11.3 Å². The maximum atomic E-state index is 12.1. The van der Waals surface area contributed by atoms with Crippen molar-refractivity contribution in [2.24, 2.45) is 0 Å². The molecule has 6 heteroatoms. The van der Waals surface area contributed by atoms with Gasteiger partial charge in [0.25, 0.3) is 5.91 Å². The maximum Gasteiger partial charge on any atom is 0.292 e. The highest BCUT2D eigenvalue weighted by atomic mass is 32.1. The smallest absolute Gasteiger partial charge is 0.292 e. The van der Waals surface area contributed by atoms with Crippen LogP contribution in [0.1, 0.15) is 16.1 Å². The van der Waals surface area contributed by atoms with Gasteiger partial charge in [-0.15, -0.1) is 0 Å². The van der Waals surface area contributed by atoms with E-state index in [0.29, 0.717) is 15.8 Å². The molecule has 0 aliphatic heterocycles. The number of benzene rings is 1. The van der Waals surface area contributed by atoms with E-state index in [0.717, 1.165) is 11.1 Å². The van der Waals surface area contributed by atoms with Gasteiger partial charge in [-0.3, -0.25) is 4.79 Å². The van der Waals surface area contributed by atoms with Crippen LogP contribution < -0.4 is 11.1 Å². The van der Waals surface area contributed by atoms with Gasteiger partial charge in [-0.25, -0.2) is 4.98 Å². The lowest BCUT2D eigenvalue weighted by molar-refractivity contribution is 0.0997. The van der Waals surface area contributed by atoms with Crippen molar-refractivity contribution in [3.05, 3.63) is 54.0 Å². The molecule has 0 saturated carbocycles. The lowest BCUT2D eigenvalue weighted by Crippen LogP contribution is -2.10. The van der Waals surface area contributed by atoms with Crippen molar-refractivity contribution in [2.45, 2.75) is 6.92 Å². The van der Waals surface area contributed by atoms with E-state index in [9.17, 15) is 4.79 Å². The van der Waals surface area contributed by atoms with Crippen molar-refractivity contribution < 1.29 is 9.21 Å². The number of carbonyl (C=O) groups excluding carboxylic acids is 1. The van der Waals surface area contributed by atoms with Gasteiger partial charge in [-0.1, -0.05) is 41.2 Å². The zero-order valence-electron chi connectivity index (χ0n) is 11.3. The number of carbonyl (C=O) groups is 1. The zero-order valence-corrected chi connectivity index (χ0v) is 12.1. The molecule has 1 amide bonds. The van der Waals surface area contributed by atoms with Crippen LogP contribution in [0.5, 0.6) is 0 Å². The molecule has 3 N–H and O–H groups in total. The first kappa shape index (κ1) is 13.4. The number of furan rings is 1. The number of aryl methyl sites for hydroxylation is 1. The van der Waals surface area contributed by atoms with Crippen molar-refractivity contribution in [2.75, 3.05) is 11.1 Å². The first-order chi connectivity index (χ1) is 10.1. The van der Waals surface area contributed by atoms with Crippen LogP contribution in [-0.2, 0) is 0 Å². The number of thiazole rings is 1. The summed E-state index contributed by atoms with van der Waals surface area (Å²) in [6.07, 6.45) is 1.46. The maximum absolute atomic E-state index is 12.1. The van der Waals surface area contributed by atoms with Gasteiger partial charge in [0.15, 0.2) is 10.9 Å². The number of aromatic nitrogens is 1. The van der Waals surface area contributed by atoms with Crippen LogP contribution in [-0.4, -0.2) is 10.9 Å². The average molecular weight is 299 g/mol. The third kappa shape index (κ3) is 2.80. The third-order valence-electron chi connectivity index (χ3n) is 2.94. The van der Waals surface area contributed by atoms with E-state index in [4.69, 9.17) is 10.2 Å². The molecule has 2 heterocycles. The average Bonchev–Trinajstić information content (AvgIpc) is 3.09. The van der Waals surface area contributed by atoms with Crippen molar-refractivity contribution in [1.82, 2.24) is 4.98 Å². The molecule has 0 atom stereocenters. The molecular weight excluding hydrogens is 286 g/mol. The van der Waals surface area contributed by atoms with Crippen LogP contribution in [0.25, 0.3) is 11.3 Å². The van der Waals surface area contributed by atoms with Gasteiger partial charge in [-0.2, -0.15) is 0 Å². The molecule has 0 aliphatic carbocycles. The lowest BCUT2D eigenvalue weighted by Gasteiger charge is -2.04. The molecule has 3 aromatic rings. The molecule has 106 valence electrons. The second-order valence-electron chi connectivity index (χ2n) is 4.53. The van der Waals surface area contributed by atoms with E-state index in [-0.39, 0.29) is 11.7 Å². The Kier molecular flexibility index (Phi) is 3.45. The van der Waals surface area contributed by atoms with Gasteiger partial charge < -0.3 is 15.5 Å². The summed E-state index contributed by atoms with van der Waals surface area (Å²) in [5.41, 5.74) is 8.50. The zero-order chi connectivity index (χ0) is 14.8. The minimum Gasteiger partial charge on any atom is -0.459 e. The standard InChI is InChI=1S/C15H13N3O2S/c1-9-4-6-10(7-5-9)12-14(21-15(16)17-12)18-13(19)11-3-2-8-20-11/h2-8H,1H3,(H2,16,17)(H,18,19). The Morgan fingerprint density at radius 1 is 1.29 bits per heavy atom. The number of hydrogen-bond acceptors (Lipinski definition) is 5. The van der Waals surface area contributed by atoms with Crippen LogP contribution in [0.15, 0.2) is 47.1 Å². The van der Waals surface area contributed by atoms with E-state index in [1.807, 2.05) is 31.2 Å². The Bertz CT molecular complexity index is 761. The SMILES string of the molecule is Cc1ccc(-c2nc(N)sc2NC(=O)c2ccco2)cc1. The summed E-state index contributed by atoms with van der Waals surface area (Å²) in [5.74, 6) is -0.0751. The summed E-state index contributed by atoms with van der Waals surface area (Å²) in [6.45, 7) is 2.01. The Morgan fingerprint density at radius 2 is 2.05 bits per heavy atom. The Hall–Kier alpha value is -2.60. The van der Waals surface area contributed by atoms with Crippen LogP contribution in [0.4, 0.5) is 10.1 Å². The summed E-state index contributed by atoms with van der Waals surface area (Å²) < 4.78 is 5.08. The second kappa shape index (κ2) is 5.41. The summed E-state index contributed by atoms with van der Waals surface area (Å²) in [5, 5.41) is 3.80. The van der Waals surface area contributed by atoms with Gasteiger partial charge in [0.05, 0.1) is 6.26 Å². The molecule has 0 spiro atoms. The molecule has 2 aromatic heterocycles. The number of nitrogens with two attached hydrogens (primary N) is 1. The van der Waals surface area contributed by atoms with E-state index < -0.39 is 0 Å². The van der Waals surface area contributed by atoms with Gasteiger partial charge in [0.1, 0.15) is 10.7 Å². The number of rotatable bonds is 3. The van der Waals surface area contributed by atoms with Crippen LogP contribution in [0.2, 0.25) is 0 Å². The van der Waals surface area contributed by atoms with Crippen LogP contribution >= 0.6 is 11.3 Å². The Balaban J connectivity index is 1.92. The molecule has 0 saturated heterocycles. The molecule has 21 heavy (non-hydrogen) atoms. The fourth-order valence-electron chi connectivity index (χ4n) is 1.90. The predicted molar refractivity (Wildman–Crippen MR) is 83.4 cm³/mol. The van der Waals surface area contributed by atoms with Crippen LogP contribution in [0, 0.1) is 6.92 Å². The van der Waals surface area contributed by atoms with Gasteiger partial charge >= 0.3 is 0 Å². The normalized spacial score (nSPS) is 10.5. The van der Waals surface area contributed by atoms with Gasteiger partial charge in [0.2, 0.25) is 0 Å². The largest absolute Gasteiger partial charge is 0.459 e. The first-order valence-corrected chi connectivity index (χ1v) is 7.13. The number of hydrogen-bond donors (Lipinski definition) is 2. The quantitative estimate of drug-likeness (QED) is 0.775. The van der Waals surface area contributed by atoms with Crippen molar-refractivity contribution in [3.63, 3.8) is 0 Å². The first-order valence-electron chi connectivity index (χ1n) is 6.31. The minimum atomic E-state index is -0.322. The highest BCUT2D eigenvalue weighted by Gasteiger charge is 2.16. The van der Waals surface area contributed by atoms with Gasteiger partial charge in [0, 0.05) is 5.56 Å². The molecule has 0 bridgehead atoms. The molecule has 3 rings (SSSR count). The fourth-order valence-corrected chi connectivity index (χ4v) is 2.65. The lowest BCUT2D eigenvalue weighted by atomic mass is 10.1. The van der Waals surface area contributed by atoms with E-state index in [2.05, 4.69) is 10.3 Å². The number of nitrogen functional groups attached to an aromatic ring is 1. The highest BCUT2D eigenvalue weighted by Crippen LogP contribution is 2.34. The molecule has 5 nitrogen and oxygen atoms in total. The van der Waals surface area contributed by atoms with E-state index in [1.165, 1.54) is 17.6 Å². The Labute approximate surface area is 125 Å². The van der Waals surface area contributed by atoms with Crippen LogP contribution in [0.3, 0.4) is 0 Å². The monoisotopic (exact) mass is 299 g/mol. The number of amides is 1. The highest BCUT2D eigenvalue weighted by molar-refractivity contribution is 7.20. The molecule has 0 radical (unpaired) electrons. The third-order valence-corrected chi connectivity index (χ3v) is 3.74.